The van der Waals surface area contributed by atoms with Gasteiger partial charge in [-0.1, -0.05) is 18.2 Å². The summed E-state index contributed by atoms with van der Waals surface area (Å²) < 4.78 is 5.22. The van der Waals surface area contributed by atoms with E-state index in [1.54, 1.807) is 24.2 Å². The van der Waals surface area contributed by atoms with Crippen LogP contribution in [0.5, 0.6) is 5.75 Å². The van der Waals surface area contributed by atoms with E-state index in [2.05, 4.69) is 0 Å². The molecule has 1 fully saturated rings. The van der Waals surface area contributed by atoms with Gasteiger partial charge in [0.25, 0.3) is 5.91 Å². The summed E-state index contributed by atoms with van der Waals surface area (Å²) >= 11 is 0. The maximum Gasteiger partial charge on any atom is 0.264 e. The number of hydrogen-bond acceptors (Lipinski definition) is 3. The van der Waals surface area contributed by atoms with Gasteiger partial charge in [-0.2, -0.15) is 5.26 Å². The summed E-state index contributed by atoms with van der Waals surface area (Å²) in [5.41, 5.74) is 0.903. The molecule has 1 heterocycles. The average molecular weight is 256 g/mol. The fourth-order valence-corrected chi connectivity index (χ4v) is 2.17. The van der Waals surface area contributed by atoms with Gasteiger partial charge in [-0.05, 0) is 25.0 Å². The van der Waals surface area contributed by atoms with Gasteiger partial charge in [-0.3, -0.25) is 4.79 Å². The maximum absolute atomic E-state index is 12.2. The van der Waals surface area contributed by atoms with E-state index in [1.165, 1.54) is 0 Å². The van der Waals surface area contributed by atoms with Crippen molar-refractivity contribution in [1.82, 2.24) is 4.90 Å². The van der Waals surface area contributed by atoms with E-state index in [1.807, 2.05) is 24.3 Å². The van der Waals surface area contributed by atoms with Gasteiger partial charge in [-0.15, -0.1) is 0 Å². The zero-order valence-electron chi connectivity index (χ0n) is 10.9. The molecule has 1 aliphatic heterocycles. The van der Waals surface area contributed by atoms with Gasteiger partial charge < -0.3 is 9.64 Å². The highest BCUT2D eigenvalue weighted by atomic mass is 16.5. The van der Waals surface area contributed by atoms with E-state index in [0.29, 0.717) is 5.75 Å². The maximum atomic E-state index is 12.2. The van der Waals surface area contributed by atoms with Crippen LogP contribution in [0, 0.1) is 11.3 Å². The Morgan fingerprint density at radius 1 is 1.37 bits per heavy atom. The minimum absolute atomic E-state index is 0.159. The molecular formula is C15H16N2O2. The number of carbonyl (C=O) groups is 1. The van der Waals surface area contributed by atoms with Gasteiger partial charge in [0.2, 0.25) is 0 Å². The lowest BCUT2D eigenvalue weighted by Gasteiger charge is -2.14. The van der Waals surface area contributed by atoms with Crippen molar-refractivity contribution in [2.45, 2.75) is 12.8 Å². The molecular weight excluding hydrogens is 240 g/mol. The van der Waals surface area contributed by atoms with Crippen LogP contribution in [-0.2, 0) is 4.79 Å². The van der Waals surface area contributed by atoms with E-state index < -0.39 is 0 Å². The second kappa shape index (κ2) is 6.05. The number of amides is 1. The molecule has 1 saturated heterocycles. The van der Waals surface area contributed by atoms with Gasteiger partial charge in [0.1, 0.15) is 17.4 Å². The molecule has 1 aliphatic rings. The lowest BCUT2D eigenvalue weighted by Crippen LogP contribution is -2.28. The zero-order chi connectivity index (χ0) is 13.7. The van der Waals surface area contributed by atoms with E-state index in [4.69, 9.17) is 4.74 Å². The van der Waals surface area contributed by atoms with E-state index >= 15 is 0 Å². The molecule has 0 unspecified atom stereocenters. The van der Waals surface area contributed by atoms with Gasteiger partial charge in [0, 0.05) is 18.7 Å². The number of rotatable bonds is 3. The SMILES string of the molecule is COc1ccccc1/C=C(\C#N)C(=O)N1CCCC1. The molecule has 0 aliphatic carbocycles. The molecule has 1 aromatic rings. The number of methoxy groups -OCH3 is 1. The first-order valence-electron chi connectivity index (χ1n) is 6.30. The molecule has 0 N–H and O–H groups in total. The Balaban J connectivity index is 2.28. The monoisotopic (exact) mass is 256 g/mol. The van der Waals surface area contributed by atoms with Crippen LogP contribution >= 0.6 is 0 Å². The van der Waals surface area contributed by atoms with E-state index in [9.17, 15) is 10.1 Å². The summed E-state index contributed by atoms with van der Waals surface area (Å²) in [5, 5.41) is 9.18. The largest absolute Gasteiger partial charge is 0.496 e. The first-order valence-corrected chi connectivity index (χ1v) is 6.30. The Kier molecular flexibility index (Phi) is 4.19. The van der Waals surface area contributed by atoms with Crippen LogP contribution < -0.4 is 4.74 Å². The summed E-state index contributed by atoms with van der Waals surface area (Å²) in [4.78, 5) is 13.9. The minimum Gasteiger partial charge on any atom is -0.496 e. The minimum atomic E-state index is -0.189. The van der Waals surface area contributed by atoms with Gasteiger partial charge >= 0.3 is 0 Å². The Labute approximate surface area is 112 Å². The summed E-state index contributed by atoms with van der Waals surface area (Å²) in [6.45, 7) is 1.48. The summed E-state index contributed by atoms with van der Waals surface area (Å²) in [7, 11) is 1.57. The third-order valence-electron chi connectivity index (χ3n) is 3.18. The standard InChI is InChI=1S/C15H16N2O2/c1-19-14-7-3-2-6-12(14)10-13(11-16)15(18)17-8-4-5-9-17/h2-3,6-7,10H,4-5,8-9H2,1H3/b13-10+. The molecule has 98 valence electrons. The summed E-state index contributed by atoms with van der Waals surface area (Å²) in [6.07, 6.45) is 3.62. The van der Waals surface area contributed by atoms with Crippen molar-refractivity contribution in [3.05, 3.63) is 35.4 Å². The Hall–Kier alpha value is -2.28. The van der Waals surface area contributed by atoms with Crippen molar-refractivity contribution in [2.75, 3.05) is 20.2 Å². The van der Waals surface area contributed by atoms with Crippen molar-refractivity contribution in [1.29, 1.82) is 5.26 Å². The van der Waals surface area contributed by atoms with Crippen LogP contribution in [0.2, 0.25) is 0 Å². The summed E-state index contributed by atoms with van der Waals surface area (Å²) in [5.74, 6) is 0.468. The van der Waals surface area contributed by atoms with Crippen molar-refractivity contribution < 1.29 is 9.53 Å². The Morgan fingerprint density at radius 3 is 2.68 bits per heavy atom. The van der Waals surface area contributed by atoms with Gasteiger partial charge in [0.05, 0.1) is 7.11 Å². The van der Waals surface area contributed by atoms with Crippen LogP contribution in [0.25, 0.3) is 6.08 Å². The highest BCUT2D eigenvalue weighted by Gasteiger charge is 2.21. The molecule has 0 radical (unpaired) electrons. The normalized spacial score (nSPS) is 15.2. The van der Waals surface area contributed by atoms with Crippen LogP contribution in [0.15, 0.2) is 29.8 Å². The van der Waals surface area contributed by atoms with E-state index in [-0.39, 0.29) is 11.5 Å². The number of para-hydroxylation sites is 1. The van der Waals surface area contributed by atoms with E-state index in [0.717, 1.165) is 31.5 Å². The molecule has 0 bridgehead atoms. The highest BCUT2D eigenvalue weighted by molar-refractivity contribution is 6.02. The number of nitrogens with zero attached hydrogens (tertiary/aromatic N) is 2. The fraction of sp³-hybridized carbons (Fsp3) is 0.333. The number of hydrogen-bond donors (Lipinski definition) is 0. The molecule has 4 nitrogen and oxygen atoms in total. The lowest BCUT2D eigenvalue weighted by molar-refractivity contribution is -0.125. The molecule has 0 saturated carbocycles. The molecule has 1 amide bonds. The molecule has 0 spiro atoms. The number of nitriles is 1. The fourth-order valence-electron chi connectivity index (χ4n) is 2.17. The lowest BCUT2D eigenvalue weighted by atomic mass is 10.1. The molecule has 0 aromatic heterocycles. The van der Waals surface area contributed by atoms with Crippen LogP contribution in [0.1, 0.15) is 18.4 Å². The smallest absolute Gasteiger partial charge is 0.264 e. The number of benzene rings is 1. The molecule has 0 atom stereocenters. The number of likely N-dealkylation sites (tertiary alicyclic amines) is 1. The number of ether oxygens (including phenoxy) is 1. The second-order valence-electron chi connectivity index (χ2n) is 4.41. The molecule has 4 heteroatoms. The number of carbonyl (C=O) groups excluding carboxylic acids is 1. The van der Waals surface area contributed by atoms with Crippen molar-refractivity contribution in [2.24, 2.45) is 0 Å². The second-order valence-corrected chi connectivity index (χ2v) is 4.41. The first kappa shape index (κ1) is 13.2. The molecule has 19 heavy (non-hydrogen) atoms. The van der Waals surface area contributed by atoms with Gasteiger partial charge in [0.15, 0.2) is 0 Å². The van der Waals surface area contributed by atoms with Crippen LogP contribution in [-0.4, -0.2) is 31.0 Å². The summed E-state index contributed by atoms with van der Waals surface area (Å²) in [6, 6.07) is 9.33. The van der Waals surface area contributed by atoms with Crippen LogP contribution in [0.3, 0.4) is 0 Å². The van der Waals surface area contributed by atoms with Gasteiger partial charge in [-0.25, -0.2) is 0 Å². The van der Waals surface area contributed by atoms with Crippen molar-refractivity contribution in [3.63, 3.8) is 0 Å². The average Bonchev–Trinajstić information content (AvgIpc) is 2.98. The Bertz CT molecular complexity index is 537. The highest BCUT2D eigenvalue weighted by Crippen LogP contribution is 2.21. The topological polar surface area (TPSA) is 53.3 Å². The quantitative estimate of drug-likeness (QED) is 0.615. The third kappa shape index (κ3) is 2.94. The predicted octanol–water partition coefficient (Wildman–Crippen LogP) is 2.22. The molecule has 1 aromatic carbocycles. The van der Waals surface area contributed by atoms with Crippen molar-refractivity contribution in [3.8, 4) is 11.8 Å². The van der Waals surface area contributed by atoms with Crippen LogP contribution in [0.4, 0.5) is 0 Å². The first-order chi connectivity index (χ1) is 9.26. The molecule has 2 rings (SSSR count). The predicted molar refractivity (Wildman–Crippen MR) is 72.4 cm³/mol. The Morgan fingerprint density at radius 2 is 2.05 bits per heavy atom. The third-order valence-corrected chi connectivity index (χ3v) is 3.18. The zero-order valence-corrected chi connectivity index (χ0v) is 10.9. The van der Waals surface area contributed by atoms with Crippen molar-refractivity contribution >= 4 is 12.0 Å².